The first-order valence-corrected chi connectivity index (χ1v) is 8.16. The van der Waals surface area contributed by atoms with E-state index in [1.807, 2.05) is 60.7 Å². The molecule has 0 saturated heterocycles. The standard InChI is InChI=1S/C19H19N5O2/c1-14-17(24(25)26)18(23(2)16-11-7-4-8-12-16)22-19(21-14)20-13-15-9-5-3-6-10-15/h3-12H,13H2,1-2H3,(H,20,21,22). The lowest BCUT2D eigenvalue weighted by Gasteiger charge is -2.19. The minimum atomic E-state index is -0.439. The van der Waals surface area contributed by atoms with Gasteiger partial charge in [0.15, 0.2) is 0 Å². The van der Waals surface area contributed by atoms with Crippen LogP contribution < -0.4 is 10.2 Å². The highest BCUT2D eigenvalue weighted by Gasteiger charge is 2.25. The lowest BCUT2D eigenvalue weighted by molar-refractivity contribution is -0.385. The summed E-state index contributed by atoms with van der Waals surface area (Å²) < 4.78 is 0. The first kappa shape index (κ1) is 17.3. The Balaban J connectivity index is 1.95. The predicted octanol–water partition coefficient (Wildman–Crippen LogP) is 4.07. The van der Waals surface area contributed by atoms with E-state index in [0.29, 0.717) is 18.2 Å². The van der Waals surface area contributed by atoms with Gasteiger partial charge in [0.25, 0.3) is 0 Å². The Morgan fingerprint density at radius 3 is 2.27 bits per heavy atom. The zero-order valence-corrected chi connectivity index (χ0v) is 14.6. The number of aryl methyl sites for hydroxylation is 1. The summed E-state index contributed by atoms with van der Waals surface area (Å²) in [6, 6.07) is 19.2. The van der Waals surface area contributed by atoms with Crippen LogP contribution in [-0.4, -0.2) is 21.9 Å². The third kappa shape index (κ3) is 3.77. The summed E-state index contributed by atoms with van der Waals surface area (Å²) in [5.74, 6) is 0.610. The Labute approximate surface area is 151 Å². The molecule has 7 heteroatoms. The molecule has 0 spiro atoms. The maximum absolute atomic E-state index is 11.5. The van der Waals surface area contributed by atoms with Crippen molar-refractivity contribution in [3.8, 4) is 0 Å². The van der Waals surface area contributed by atoms with Gasteiger partial charge in [0, 0.05) is 19.3 Å². The average molecular weight is 349 g/mol. The van der Waals surface area contributed by atoms with Crippen molar-refractivity contribution in [1.82, 2.24) is 9.97 Å². The maximum atomic E-state index is 11.5. The highest BCUT2D eigenvalue weighted by atomic mass is 16.6. The lowest BCUT2D eigenvalue weighted by atomic mass is 10.2. The summed E-state index contributed by atoms with van der Waals surface area (Å²) in [4.78, 5) is 21.5. The molecule has 26 heavy (non-hydrogen) atoms. The molecule has 1 heterocycles. The second-order valence-electron chi connectivity index (χ2n) is 5.80. The van der Waals surface area contributed by atoms with Crippen molar-refractivity contribution >= 4 is 23.1 Å². The van der Waals surface area contributed by atoms with E-state index in [0.717, 1.165) is 11.3 Å². The van der Waals surface area contributed by atoms with Crippen molar-refractivity contribution < 1.29 is 4.92 Å². The number of aromatic nitrogens is 2. The summed E-state index contributed by atoms with van der Waals surface area (Å²) in [5, 5.41) is 14.7. The summed E-state index contributed by atoms with van der Waals surface area (Å²) in [5.41, 5.74) is 2.10. The van der Waals surface area contributed by atoms with Gasteiger partial charge in [0.1, 0.15) is 5.69 Å². The molecule has 0 saturated carbocycles. The normalized spacial score (nSPS) is 10.4. The SMILES string of the molecule is Cc1nc(NCc2ccccc2)nc(N(C)c2ccccc2)c1[N+](=O)[O-]. The number of nitro groups is 1. The smallest absolute Gasteiger partial charge is 0.333 e. The Morgan fingerprint density at radius 1 is 1.04 bits per heavy atom. The summed E-state index contributed by atoms with van der Waals surface area (Å²) in [7, 11) is 1.76. The lowest BCUT2D eigenvalue weighted by Crippen LogP contribution is -2.16. The van der Waals surface area contributed by atoms with Crippen LogP contribution in [0, 0.1) is 17.0 Å². The summed E-state index contributed by atoms with van der Waals surface area (Å²) in [6.45, 7) is 2.16. The molecule has 0 amide bonds. The number of nitrogens with one attached hydrogen (secondary N) is 1. The number of hydrogen-bond acceptors (Lipinski definition) is 6. The van der Waals surface area contributed by atoms with Crippen LogP contribution in [0.5, 0.6) is 0 Å². The average Bonchev–Trinajstić information content (AvgIpc) is 2.66. The van der Waals surface area contributed by atoms with Gasteiger partial charge >= 0.3 is 5.69 Å². The molecule has 0 aliphatic heterocycles. The van der Waals surface area contributed by atoms with Crippen molar-refractivity contribution in [2.75, 3.05) is 17.3 Å². The van der Waals surface area contributed by atoms with Crippen LogP contribution in [0.25, 0.3) is 0 Å². The van der Waals surface area contributed by atoms with Gasteiger partial charge in [-0.15, -0.1) is 0 Å². The highest BCUT2D eigenvalue weighted by molar-refractivity contribution is 5.70. The molecular formula is C19H19N5O2. The molecular weight excluding hydrogens is 330 g/mol. The van der Waals surface area contributed by atoms with Crippen LogP contribution in [0.3, 0.4) is 0 Å². The van der Waals surface area contributed by atoms with E-state index in [-0.39, 0.29) is 11.5 Å². The van der Waals surface area contributed by atoms with Gasteiger partial charge < -0.3 is 10.2 Å². The minimum absolute atomic E-state index is 0.0957. The second-order valence-corrected chi connectivity index (χ2v) is 5.80. The molecule has 0 aliphatic rings. The number of para-hydroxylation sites is 1. The molecule has 2 aromatic carbocycles. The maximum Gasteiger partial charge on any atom is 0.333 e. The molecule has 0 atom stereocenters. The van der Waals surface area contributed by atoms with Crippen LogP contribution in [0.15, 0.2) is 60.7 Å². The van der Waals surface area contributed by atoms with E-state index in [4.69, 9.17) is 0 Å². The Kier molecular flexibility index (Phi) is 5.07. The van der Waals surface area contributed by atoms with Crippen molar-refractivity contribution in [3.05, 3.63) is 82.0 Å². The monoisotopic (exact) mass is 349 g/mol. The van der Waals surface area contributed by atoms with Gasteiger partial charge in [-0.25, -0.2) is 4.98 Å². The molecule has 132 valence electrons. The molecule has 0 aliphatic carbocycles. The van der Waals surface area contributed by atoms with Gasteiger partial charge in [-0.2, -0.15) is 4.98 Å². The largest absolute Gasteiger partial charge is 0.350 e. The fourth-order valence-electron chi connectivity index (χ4n) is 2.63. The summed E-state index contributed by atoms with van der Waals surface area (Å²) in [6.07, 6.45) is 0. The van der Waals surface area contributed by atoms with Gasteiger partial charge in [0.05, 0.1) is 4.92 Å². The van der Waals surface area contributed by atoms with E-state index in [9.17, 15) is 10.1 Å². The fourth-order valence-corrected chi connectivity index (χ4v) is 2.63. The second kappa shape index (κ2) is 7.60. The van der Waals surface area contributed by atoms with Crippen LogP contribution in [0.1, 0.15) is 11.3 Å². The van der Waals surface area contributed by atoms with E-state index >= 15 is 0 Å². The van der Waals surface area contributed by atoms with Crippen LogP contribution in [-0.2, 0) is 6.54 Å². The Bertz CT molecular complexity index is 901. The number of benzene rings is 2. The first-order chi connectivity index (χ1) is 12.6. The van der Waals surface area contributed by atoms with E-state index < -0.39 is 4.92 Å². The number of rotatable bonds is 6. The topological polar surface area (TPSA) is 84.2 Å². The zero-order chi connectivity index (χ0) is 18.5. The minimum Gasteiger partial charge on any atom is -0.350 e. The highest BCUT2D eigenvalue weighted by Crippen LogP contribution is 2.33. The molecule has 0 unspecified atom stereocenters. The first-order valence-electron chi connectivity index (χ1n) is 8.16. The predicted molar refractivity (Wildman–Crippen MR) is 102 cm³/mol. The number of anilines is 3. The van der Waals surface area contributed by atoms with Crippen LogP contribution in [0.2, 0.25) is 0 Å². The third-order valence-electron chi connectivity index (χ3n) is 3.98. The van der Waals surface area contributed by atoms with Crippen molar-refractivity contribution in [2.45, 2.75) is 13.5 Å². The van der Waals surface area contributed by atoms with Gasteiger partial charge in [-0.1, -0.05) is 48.5 Å². The zero-order valence-electron chi connectivity index (χ0n) is 14.6. The quantitative estimate of drug-likeness (QED) is 0.533. The Hall–Kier alpha value is -3.48. The third-order valence-corrected chi connectivity index (χ3v) is 3.98. The van der Waals surface area contributed by atoms with E-state index in [1.165, 1.54) is 0 Å². The molecule has 7 nitrogen and oxygen atoms in total. The molecule has 3 aromatic rings. The van der Waals surface area contributed by atoms with Gasteiger partial charge in [-0.05, 0) is 24.6 Å². The molecule has 0 fully saturated rings. The van der Waals surface area contributed by atoms with Crippen LogP contribution >= 0.6 is 0 Å². The number of hydrogen-bond donors (Lipinski definition) is 1. The fraction of sp³-hybridized carbons (Fsp3) is 0.158. The molecule has 3 rings (SSSR count). The van der Waals surface area contributed by atoms with E-state index in [1.54, 1.807) is 18.9 Å². The van der Waals surface area contributed by atoms with Crippen molar-refractivity contribution in [2.24, 2.45) is 0 Å². The molecule has 1 N–H and O–H groups in total. The van der Waals surface area contributed by atoms with Gasteiger partial charge in [0.2, 0.25) is 11.8 Å². The summed E-state index contributed by atoms with van der Waals surface area (Å²) >= 11 is 0. The Morgan fingerprint density at radius 2 is 1.65 bits per heavy atom. The van der Waals surface area contributed by atoms with Crippen molar-refractivity contribution in [3.63, 3.8) is 0 Å². The molecule has 0 bridgehead atoms. The van der Waals surface area contributed by atoms with E-state index in [2.05, 4.69) is 15.3 Å². The molecule has 1 aromatic heterocycles. The van der Waals surface area contributed by atoms with Crippen molar-refractivity contribution in [1.29, 1.82) is 0 Å². The number of nitrogens with zero attached hydrogens (tertiary/aromatic N) is 4. The molecule has 0 radical (unpaired) electrons. The van der Waals surface area contributed by atoms with Gasteiger partial charge in [-0.3, -0.25) is 10.1 Å². The van der Waals surface area contributed by atoms with Crippen LogP contribution in [0.4, 0.5) is 23.1 Å².